The minimum Gasteiger partial charge on any atom is -0.342 e. The maximum atomic E-state index is 15.3. The number of benzene rings is 2. The first-order chi connectivity index (χ1) is 17.5. The fourth-order valence-electron chi connectivity index (χ4n) is 4.91. The highest BCUT2D eigenvalue weighted by Crippen LogP contribution is 2.33. The molecule has 1 atom stereocenters. The van der Waals surface area contributed by atoms with Crippen LogP contribution in [0, 0.1) is 23.5 Å². The SMILES string of the molecule is O=C(C1CC1)N1CCC(Cc2n[nH]c(=O)n2-c2ccc(-c3ccc(-n4cccn4)c(F)c3)cc2F)C1. The quantitative estimate of drug-likeness (QED) is 0.448. The summed E-state index contributed by atoms with van der Waals surface area (Å²) < 4.78 is 32.6. The molecule has 8 nitrogen and oxygen atoms in total. The average Bonchev–Trinajstić information content (AvgIpc) is 3.22. The Kier molecular flexibility index (Phi) is 5.50. The summed E-state index contributed by atoms with van der Waals surface area (Å²) in [6.07, 6.45) is 6.41. The van der Waals surface area contributed by atoms with E-state index in [0.29, 0.717) is 42.1 Å². The number of likely N-dealkylation sites (tertiary alicyclic amines) is 1. The van der Waals surface area contributed by atoms with Crippen LogP contribution >= 0.6 is 0 Å². The van der Waals surface area contributed by atoms with Crippen LogP contribution in [0.25, 0.3) is 22.5 Å². The number of H-pyrrole nitrogens is 1. The van der Waals surface area contributed by atoms with E-state index in [1.54, 1.807) is 36.7 Å². The van der Waals surface area contributed by atoms with Crippen molar-refractivity contribution in [2.75, 3.05) is 13.1 Å². The molecule has 1 saturated heterocycles. The zero-order valence-electron chi connectivity index (χ0n) is 19.4. The van der Waals surface area contributed by atoms with Gasteiger partial charge in [0.05, 0.1) is 5.69 Å². The van der Waals surface area contributed by atoms with Crippen LogP contribution in [0.5, 0.6) is 0 Å². The van der Waals surface area contributed by atoms with Crippen LogP contribution in [0.4, 0.5) is 8.78 Å². The van der Waals surface area contributed by atoms with Gasteiger partial charge in [0.25, 0.3) is 0 Å². The largest absolute Gasteiger partial charge is 0.348 e. The van der Waals surface area contributed by atoms with Crippen LogP contribution < -0.4 is 5.69 Å². The van der Waals surface area contributed by atoms with Crippen LogP contribution in [-0.4, -0.2) is 48.4 Å². The first-order valence-corrected chi connectivity index (χ1v) is 12.0. The summed E-state index contributed by atoms with van der Waals surface area (Å²) in [4.78, 5) is 26.8. The molecule has 10 heteroatoms. The predicted octanol–water partition coefficient (Wildman–Crippen LogP) is 3.49. The summed E-state index contributed by atoms with van der Waals surface area (Å²) in [6, 6.07) is 10.7. The van der Waals surface area contributed by atoms with Gasteiger partial charge in [0.2, 0.25) is 5.91 Å². The third-order valence-electron chi connectivity index (χ3n) is 6.96. The van der Waals surface area contributed by atoms with Crippen LogP contribution in [0.3, 0.4) is 0 Å². The fourth-order valence-corrected chi connectivity index (χ4v) is 4.91. The van der Waals surface area contributed by atoms with Crippen molar-refractivity contribution in [1.29, 1.82) is 0 Å². The topological polar surface area (TPSA) is 88.8 Å². The van der Waals surface area contributed by atoms with Gasteiger partial charge in [0.15, 0.2) is 0 Å². The van der Waals surface area contributed by atoms with E-state index in [1.807, 2.05) is 4.90 Å². The Morgan fingerprint density at radius 1 is 1.03 bits per heavy atom. The normalized spacial score (nSPS) is 17.6. The van der Waals surface area contributed by atoms with E-state index in [4.69, 9.17) is 0 Å². The molecular weight excluding hydrogens is 466 g/mol. The zero-order chi connectivity index (χ0) is 24.8. The Balaban J connectivity index is 1.24. The van der Waals surface area contributed by atoms with Gasteiger partial charge in [0.1, 0.15) is 23.1 Å². The number of aromatic nitrogens is 5. The number of nitrogens with one attached hydrogen (secondary N) is 1. The molecule has 184 valence electrons. The number of hydrogen-bond acceptors (Lipinski definition) is 4. The molecule has 3 heterocycles. The van der Waals surface area contributed by atoms with Crippen molar-refractivity contribution < 1.29 is 13.6 Å². The molecule has 1 aliphatic carbocycles. The number of nitrogens with zero attached hydrogens (tertiary/aromatic N) is 5. The van der Waals surface area contributed by atoms with Crippen molar-refractivity contribution in [3.8, 4) is 22.5 Å². The molecule has 0 spiro atoms. The average molecular weight is 491 g/mol. The molecule has 0 radical (unpaired) electrons. The number of rotatable bonds is 6. The number of hydrogen-bond donors (Lipinski definition) is 1. The number of halogens is 2. The lowest BCUT2D eigenvalue weighted by atomic mass is 10.0. The third-order valence-corrected chi connectivity index (χ3v) is 6.96. The summed E-state index contributed by atoms with van der Waals surface area (Å²) >= 11 is 0. The molecule has 2 aromatic carbocycles. The third kappa shape index (κ3) is 4.12. The second-order valence-electron chi connectivity index (χ2n) is 9.48. The maximum absolute atomic E-state index is 15.3. The molecule has 1 N–H and O–H groups in total. The molecule has 36 heavy (non-hydrogen) atoms. The molecule has 1 saturated carbocycles. The molecule has 6 rings (SSSR count). The van der Waals surface area contributed by atoms with Crippen molar-refractivity contribution in [3.63, 3.8) is 0 Å². The van der Waals surface area contributed by atoms with E-state index < -0.39 is 17.3 Å². The molecule has 2 aliphatic rings. The van der Waals surface area contributed by atoms with E-state index in [0.717, 1.165) is 19.3 Å². The van der Waals surface area contributed by atoms with E-state index in [2.05, 4.69) is 15.3 Å². The van der Waals surface area contributed by atoms with Gasteiger partial charge in [-0.3, -0.25) is 4.79 Å². The van der Waals surface area contributed by atoms with E-state index in [1.165, 1.54) is 27.4 Å². The minimum absolute atomic E-state index is 0.0741. The summed E-state index contributed by atoms with van der Waals surface area (Å²) in [5, 5.41) is 10.6. The van der Waals surface area contributed by atoms with Crippen molar-refractivity contribution in [2.45, 2.75) is 25.7 Å². The maximum Gasteiger partial charge on any atom is 0.348 e. The van der Waals surface area contributed by atoms with Gasteiger partial charge in [0, 0.05) is 37.8 Å². The standard InChI is InChI=1S/C26H24F2N6O2/c27-20-13-18(4-6-22(20)33-10-1-9-29-33)19-5-7-23(21(28)14-19)34-24(30-31-26(34)36)12-16-8-11-32(15-16)25(35)17-2-3-17/h1,4-7,9-10,13-14,16-17H,2-3,8,11-12,15H2,(H,31,36). The Morgan fingerprint density at radius 3 is 2.39 bits per heavy atom. The van der Waals surface area contributed by atoms with Gasteiger partial charge >= 0.3 is 5.69 Å². The smallest absolute Gasteiger partial charge is 0.342 e. The molecule has 2 aromatic heterocycles. The van der Waals surface area contributed by atoms with Crippen molar-refractivity contribution in [1.82, 2.24) is 29.4 Å². The first kappa shape index (κ1) is 22.4. The van der Waals surface area contributed by atoms with Crippen LogP contribution in [0.2, 0.25) is 0 Å². The Hall–Kier alpha value is -4.08. The monoisotopic (exact) mass is 490 g/mol. The Labute approximate surface area is 205 Å². The number of amides is 1. The fraction of sp³-hybridized carbons (Fsp3) is 0.308. The van der Waals surface area contributed by atoms with Gasteiger partial charge in [-0.25, -0.2) is 27.9 Å². The van der Waals surface area contributed by atoms with Crippen LogP contribution in [0.15, 0.2) is 59.7 Å². The predicted molar refractivity (Wildman–Crippen MR) is 128 cm³/mol. The molecule has 1 aliphatic heterocycles. The highest BCUT2D eigenvalue weighted by molar-refractivity contribution is 5.81. The summed E-state index contributed by atoms with van der Waals surface area (Å²) in [5.41, 5.74) is 0.810. The number of carbonyl (C=O) groups is 1. The van der Waals surface area contributed by atoms with E-state index >= 15 is 4.39 Å². The lowest BCUT2D eigenvalue weighted by molar-refractivity contribution is -0.131. The minimum atomic E-state index is -0.620. The molecule has 1 unspecified atom stereocenters. The Bertz CT molecular complexity index is 1490. The molecule has 2 fully saturated rings. The van der Waals surface area contributed by atoms with Gasteiger partial charge in [-0.05, 0) is 66.6 Å². The number of aromatic amines is 1. The second-order valence-corrected chi connectivity index (χ2v) is 9.48. The van der Waals surface area contributed by atoms with E-state index in [9.17, 15) is 14.0 Å². The molecular formula is C26H24F2N6O2. The summed E-state index contributed by atoms with van der Waals surface area (Å²) in [6.45, 7) is 1.32. The zero-order valence-corrected chi connectivity index (χ0v) is 19.4. The highest BCUT2D eigenvalue weighted by atomic mass is 19.1. The molecule has 1 amide bonds. The number of carbonyl (C=O) groups excluding carboxylic acids is 1. The van der Waals surface area contributed by atoms with Crippen LogP contribution in [0.1, 0.15) is 25.1 Å². The lowest BCUT2D eigenvalue weighted by Crippen LogP contribution is -2.30. The second kappa shape index (κ2) is 8.85. The van der Waals surface area contributed by atoms with Gasteiger partial charge in [-0.1, -0.05) is 12.1 Å². The van der Waals surface area contributed by atoms with Gasteiger partial charge in [-0.2, -0.15) is 10.2 Å². The Morgan fingerprint density at radius 2 is 1.75 bits per heavy atom. The van der Waals surface area contributed by atoms with E-state index in [-0.39, 0.29) is 23.4 Å². The van der Waals surface area contributed by atoms with Crippen LogP contribution in [-0.2, 0) is 11.2 Å². The van der Waals surface area contributed by atoms with Crippen molar-refractivity contribution >= 4 is 5.91 Å². The molecule has 0 bridgehead atoms. The lowest BCUT2D eigenvalue weighted by Gasteiger charge is -2.16. The summed E-state index contributed by atoms with van der Waals surface area (Å²) in [5.74, 6) is -0.138. The van der Waals surface area contributed by atoms with Crippen molar-refractivity contribution in [3.05, 3.63) is 82.8 Å². The molecule has 4 aromatic rings. The van der Waals surface area contributed by atoms with Gasteiger partial charge < -0.3 is 4.90 Å². The van der Waals surface area contributed by atoms with Gasteiger partial charge in [-0.15, -0.1) is 0 Å². The summed E-state index contributed by atoms with van der Waals surface area (Å²) in [7, 11) is 0. The van der Waals surface area contributed by atoms with Crippen molar-refractivity contribution in [2.24, 2.45) is 11.8 Å². The highest BCUT2D eigenvalue weighted by Gasteiger charge is 2.37. The first-order valence-electron chi connectivity index (χ1n) is 12.0.